The average Bonchev–Trinajstić information content (AvgIpc) is 3.51. The van der Waals surface area contributed by atoms with Crippen molar-refractivity contribution in [1.82, 2.24) is 0 Å². The van der Waals surface area contributed by atoms with Crippen LogP contribution < -0.4 is 0 Å². The molecule has 184 valence electrons. The molecule has 1 fully saturated rings. The van der Waals surface area contributed by atoms with Crippen LogP contribution >= 0.6 is 8.58 Å². The number of ether oxygens (including phenoxy) is 4. The summed E-state index contributed by atoms with van der Waals surface area (Å²) in [5.41, 5.74) is 1.33. The van der Waals surface area contributed by atoms with E-state index in [1.807, 2.05) is 12.1 Å². The Kier molecular flexibility index (Phi) is 10.2. The van der Waals surface area contributed by atoms with E-state index in [2.05, 4.69) is 32.6 Å². The van der Waals surface area contributed by atoms with Crippen molar-refractivity contribution in [1.29, 1.82) is 0 Å². The van der Waals surface area contributed by atoms with Crippen LogP contribution in [0.3, 0.4) is 0 Å². The van der Waals surface area contributed by atoms with Gasteiger partial charge in [0.05, 0.1) is 19.8 Å². The SMILES string of the molecule is C=C(C)C(=O)OCCOCCOC(C)OC(C)(C)C(=O)c1ccc(C2(CC(C)C)CP2)cc1. The number of hydrogen-bond donors (Lipinski definition) is 0. The molecule has 0 amide bonds. The summed E-state index contributed by atoms with van der Waals surface area (Å²) in [6.45, 7) is 16.0. The van der Waals surface area contributed by atoms with Crippen LogP contribution in [0.2, 0.25) is 0 Å². The molecule has 2 rings (SSSR count). The lowest BCUT2D eigenvalue weighted by molar-refractivity contribution is -0.180. The Hall–Kier alpha value is -1.59. The zero-order chi connectivity index (χ0) is 24.6. The van der Waals surface area contributed by atoms with Crippen molar-refractivity contribution in [2.24, 2.45) is 5.92 Å². The number of benzene rings is 1. The van der Waals surface area contributed by atoms with Crippen molar-refractivity contribution >= 4 is 20.3 Å². The zero-order valence-electron chi connectivity index (χ0n) is 20.9. The molecule has 0 N–H and O–H groups in total. The minimum absolute atomic E-state index is 0.0729. The monoisotopic (exact) mass is 478 g/mol. The third-order valence-corrected chi connectivity index (χ3v) is 7.16. The van der Waals surface area contributed by atoms with E-state index in [1.165, 1.54) is 18.1 Å². The van der Waals surface area contributed by atoms with Crippen molar-refractivity contribution < 1.29 is 28.5 Å². The number of rotatable bonds is 15. The fraction of sp³-hybridized carbons (Fsp3) is 0.615. The summed E-state index contributed by atoms with van der Waals surface area (Å²) in [6, 6.07) is 8.06. The van der Waals surface area contributed by atoms with E-state index in [1.54, 1.807) is 27.7 Å². The first-order chi connectivity index (χ1) is 15.5. The highest BCUT2D eigenvalue weighted by molar-refractivity contribution is 7.48. The molecule has 3 unspecified atom stereocenters. The van der Waals surface area contributed by atoms with Crippen molar-refractivity contribution in [3.63, 3.8) is 0 Å². The summed E-state index contributed by atoms with van der Waals surface area (Å²) in [4.78, 5) is 24.3. The fourth-order valence-electron chi connectivity index (χ4n) is 3.75. The summed E-state index contributed by atoms with van der Waals surface area (Å²) in [6.07, 6.45) is 1.88. The normalized spacial score (nSPS) is 19.5. The topological polar surface area (TPSA) is 71.1 Å². The lowest BCUT2D eigenvalue weighted by Gasteiger charge is -2.28. The molecule has 33 heavy (non-hydrogen) atoms. The summed E-state index contributed by atoms with van der Waals surface area (Å²) in [5, 5.41) is 0.332. The Morgan fingerprint density at radius 2 is 1.70 bits per heavy atom. The standard InChI is InChI=1S/C26H39O6P/c1-18(2)16-26(17-33-26)22-10-8-21(9-11-22)23(27)25(6,7)32-20(5)30-14-12-29-13-15-31-24(28)19(3)4/h8-11,18,20,33H,3,12-17H2,1-2,4-7H3. The van der Waals surface area contributed by atoms with E-state index in [9.17, 15) is 9.59 Å². The van der Waals surface area contributed by atoms with Crippen LogP contribution in [0, 0.1) is 5.92 Å². The molecular weight excluding hydrogens is 439 g/mol. The number of ketones is 1. The van der Waals surface area contributed by atoms with Gasteiger partial charge in [-0.2, -0.15) is 0 Å². The number of hydrogen-bond acceptors (Lipinski definition) is 6. The van der Waals surface area contributed by atoms with Crippen LogP contribution in [0.5, 0.6) is 0 Å². The van der Waals surface area contributed by atoms with Crippen molar-refractivity contribution in [3.8, 4) is 0 Å². The van der Waals surface area contributed by atoms with E-state index in [-0.39, 0.29) is 19.0 Å². The van der Waals surface area contributed by atoms with Crippen LogP contribution in [0.1, 0.15) is 63.9 Å². The Labute approximate surface area is 200 Å². The molecular formula is C26H39O6P. The van der Waals surface area contributed by atoms with Crippen LogP contribution in [0.15, 0.2) is 36.4 Å². The average molecular weight is 479 g/mol. The quantitative estimate of drug-likeness (QED) is 0.0873. The molecule has 3 atom stereocenters. The third-order valence-electron chi connectivity index (χ3n) is 5.46. The van der Waals surface area contributed by atoms with Gasteiger partial charge in [-0.1, -0.05) is 44.7 Å². The van der Waals surface area contributed by atoms with Crippen LogP contribution in [0.25, 0.3) is 0 Å². The first-order valence-electron chi connectivity index (χ1n) is 11.6. The highest BCUT2D eigenvalue weighted by atomic mass is 31.1. The Morgan fingerprint density at radius 1 is 1.09 bits per heavy atom. The molecule has 0 spiro atoms. The molecule has 1 aliphatic rings. The fourth-order valence-corrected chi connectivity index (χ4v) is 5.24. The second kappa shape index (κ2) is 12.2. The van der Waals surface area contributed by atoms with Gasteiger partial charge < -0.3 is 18.9 Å². The smallest absolute Gasteiger partial charge is 0.333 e. The highest BCUT2D eigenvalue weighted by Gasteiger charge is 2.44. The first kappa shape index (κ1) is 27.7. The second-order valence-corrected chi connectivity index (χ2v) is 11.2. The molecule has 0 aromatic heterocycles. The lowest BCUT2D eigenvalue weighted by atomic mass is 9.89. The summed E-state index contributed by atoms with van der Waals surface area (Å²) >= 11 is 0. The first-order valence-corrected chi connectivity index (χ1v) is 12.8. The zero-order valence-corrected chi connectivity index (χ0v) is 21.9. The molecule has 0 aliphatic carbocycles. The molecule has 1 aromatic carbocycles. The summed E-state index contributed by atoms with van der Waals surface area (Å²) in [5.74, 6) is 0.164. The molecule has 1 aromatic rings. The summed E-state index contributed by atoms with van der Waals surface area (Å²) < 4.78 is 21.8. The molecule has 0 bridgehead atoms. The van der Waals surface area contributed by atoms with Gasteiger partial charge in [0.15, 0.2) is 12.1 Å². The molecule has 1 saturated heterocycles. The van der Waals surface area contributed by atoms with E-state index < -0.39 is 17.9 Å². The maximum atomic E-state index is 13.1. The van der Waals surface area contributed by atoms with Gasteiger partial charge in [-0.3, -0.25) is 4.79 Å². The van der Waals surface area contributed by atoms with Gasteiger partial charge in [0.2, 0.25) is 0 Å². The van der Waals surface area contributed by atoms with Crippen molar-refractivity contribution in [2.75, 3.05) is 32.6 Å². The molecule has 7 heteroatoms. The van der Waals surface area contributed by atoms with Gasteiger partial charge in [-0.15, -0.1) is 8.58 Å². The predicted octanol–water partition coefficient (Wildman–Crippen LogP) is 5.10. The minimum Gasteiger partial charge on any atom is -0.460 e. The number of carbonyl (C=O) groups is 2. The molecule has 0 radical (unpaired) electrons. The lowest BCUT2D eigenvalue weighted by Crippen LogP contribution is -2.39. The molecule has 0 saturated carbocycles. The van der Waals surface area contributed by atoms with E-state index in [4.69, 9.17) is 18.9 Å². The Balaban J connectivity index is 1.74. The van der Waals surface area contributed by atoms with E-state index in [0.29, 0.717) is 35.4 Å². The number of carbonyl (C=O) groups excluding carboxylic acids is 2. The predicted molar refractivity (Wildman–Crippen MR) is 132 cm³/mol. The third kappa shape index (κ3) is 8.60. The van der Waals surface area contributed by atoms with Crippen LogP contribution in [-0.4, -0.2) is 56.2 Å². The van der Waals surface area contributed by atoms with Crippen molar-refractivity contribution in [3.05, 3.63) is 47.5 Å². The van der Waals surface area contributed by atoms with Gasteiger partial charge in [0.1, 0.15) is 12.2 Å². The number of Topliss-reactive ketones (excluding diaryl/α,β-unsaturated/α-hetero) is 1. The van der Waals surface area contributed by atoms with E-state index in [0.717, 1.165) is 8.58 Å². The number of esters is 1. The maximum absolute atomic E-state index is 13.1. The maximum Gasteiger partial charge on any atom is 0.333 e. The molecule has 1 aliphatic heterocycles. The second-order valence-electron chi connectivity index (χ2n) is 9.54. The van der Waals surface area contributed by atoms with Gasteiger partial charge >= 0.3 is 5.97 Å². The van der Waals surface area contributed by atoms with Gasteiger partial charge in [-0.25, -0.2) is 4.79 Å². The Morgan fingerprint density at radius 3 is 2.24 bits per heavy atom. The molecule has 6 nitrogen and oxygen atoms in total. The van der Waals surface area contributed by atoms with E-state index >= 15 is 0 Å². The van der Waals surface area contributed by atoms with Gasteiger partial charge in [-0.05, 0) is 51.8 Å². The van der Waals surface area contributed by atoms with Crippen LogP contribution in [-0.2, 0) is 28.9 Å². The molecule has 1 heterocycles. The highest BCUT2D eigenvalue weighted by Crippen LogP contribution is 2.63. The summed E-state index contributed by atoms with van der Waals surface area (Å²) in [7, 11) is 0.977. The van der Waals surface area contributed by atoms with Gasteiger partial charge in [0, 0.05) is 16.3 Å². The largest absolute Gasteiger partial charge is 0.460 e. The Bertz CT molecular complexity index is 811. The van der Waals surface area contributed by atoms with Gasteiger partial charge in [0.25, 0.3) is 0 Å². The van der Waals surface area contributed by atoms with Crippen molar-refractivity contribution in [2.45, 2.75) is 65.0 Å². The minimum atomic E-state index is -1.02. The van der Waals surface area contributed by atoms with Crippen LogP contribution in [0.4, 0.5) is 0 Å².